The van der Waals surface area contributed by atoms with Gasteiger partial charge in [-0.15, -0.1) is 0 Å². The lowest BCUT2D eigenvalue weighted by molar-refractivity contribution is -0.148. The van der Waals surface area contributed by atoms with E-state index in [1.54, 1.807) is 6.92 Å². The summed E-state index contributed by atoms with van der Waals surface area (Å²) < 4.78 is 57.4. The predicted octanol–water partition coefficient (Wildman–Crippen LogP) is 1.06. The maximum atomic E-state index is 12.4. The first-order chi connectivity index (χ1) is 7.90. The molecule has 0 aliphatic rings. The van der Waals surface area contributed by atoms with E-state index in [1.165, 1.54) is 0 Å². The zero-order valence-corrected chi connectivity index (χ0v) is 9.35. The van der Waals surface area contributed by atoms with Crippen LogP contribution in [-0.2, 0) is 14.3 Å². The summed E-state index contributed by atoms with van der Waals surface area (Å²) in [5.41, 5.74) is 0. The van der Waals surface area contributed by atoms with Crippen molar-refractivity contribution >= 4 is 5.97 Å². The number of alkyl halides is 4. The SMILES string of the molecule is CCOC(=O)COCCNCC(F)(F)C(F)F. The molecule has 8 heteroatoms. The minimum Gasteiger partial charge on any atom is -0.464 e. The molecule has 0 aromatic heterocycles. The Morgan fingerprint density at radius 3 is 2.59 bits per heavy atom. The van der Waals surface area contributed by atoms with E-state index in [9.17, 15) is 22.4 Å². The smallest absolute Gasteiger partial charge is 0.332 e. The molecule has 0 unspecified atom stereocenters. The predicted molar refractivity (Wildman–Crippen MR) is 51.3 cm³/mol. The van der Waals surface area contributed by atoms with Gasteiger partial charge in [-0.1, -0.05) is 0 Å². The number of carbonyl (C=O) groups excluding carboxylic acids is 1. The summed E-state index contributed by atoms with van der Waals surface area (Å²) in [5.74, 6) is -4.62. The highest BCUT2D eigenvalue weighted by Gasteiger charge is 2.39. The Balaban J connectivity index is 3.44. The molecule has 0 saturated heterocycles. The zero-order valence-electron chi connectivity index (χ0n) is 9.35. The van der Waals surface area contributed by atoms with E-state index in [2.05, 4.69) is 10.1 Å². The lowest BCUT2D eigenvalue weighted by Crippen LogP contribution is -2.40. The van der Waals surface area contributed by atoms with Crippen molar-refractivity contribution in [3.63, 3.8) is 0 Å². The molecule has 0 aliphatic heterocycles. The average molecular weight is 261 g/mol. The van der Waals surface area contributed by atoms with Gasteiger partial charge in [0.15, 0.2) is 0 Å². The maximum absolute atomic E-state index is 12.4. The van der Waals surface area contributed by atoms with Crippen molar-refractivity contribution < 1.29 is 31.8 Å². The fourth-order valence-electron chi connectivity index (χ4n) is 0.835. The second-order valence-electron chi connectivity index (χ2n) is 3.10. The van der Waals surface area contributed by atoms with Gasteiger partial charge in [0.05, 0.1) is 19.8 Å². The van der Waals surface area contributed by atoms with E-state index < -0.39 is 24.9 Å². The van der Waals surface area contributed by atoms with Crippen molar-refractivity contribution in [2.75, 3.05) is 32.9 Å². The number of nitrogens with one attached hydrogen (secondary N) is 1. The molecule has 0 saturated carbocycles. The molecule has 0 aliphatic carbocycles. The summed E-state index contributed by atoms with van der Waals surface area (Å²) in [4.78, 5) is 10.7. The summed E-state index contributed by atoms with van der Waals surface area (Å²) in [7, 11) is 0. The summed E-state index contributed by atoms with van der Waals surface area (Å²) in [5, 5.41) is 2.11. The van der Waals surface area contributed by atoms with Crippen LogP contribution in [0.25, 0.3) is 0 Å². The van der Waals surface area contributed by atoms with Crippen LogP contribution in [0.5, 0.6) is 0 Å². The molecule has 102 valence electrons. The van der Waals surface area contributed by atoms with Crippen LogP contribution in [0.2, 0.25) is 0 Å². The fourth-order valence-corrected chi connectivity index (χ4v) is 0.835. The Morgan fingerprint density at radius 2 is 2.06 bits per heavy atom. The largest absolute Gasteiger partial charge is 0.464 e. The van der Waals surface area contributed by atoms with Gasteiger partial charge in [-0.2, -0.15) is 8.78 Å². The van der Waals surface area contributed by atoms with Crippen molar-refractivity contribution in [3.05, 3.63) is 0 Å². The molecule has 17 heavy (non-hydrogen) atoms. The third-order valence-corrected chi connectivity index (χ3v) is 1.63. The van der Waals surface area contributed by atoms with Crippen molar-refractivity contribution in [2.24, 2.45) is 0 Å². The fraction of sp³-hybridized carbons (Fsp3) is 0.889. The number of ether oxygens (including phenoxy) is 2. The molecule has 0 aromatic rings. The Bertz CT molecular complexity index is 226. The van der Waals surface area contributed by atoms with Gasteiger partial charge in [0.25, 0.3) is 0 Å². The molecule has 4 nitrogen and oxygen atoms in total. The minimum atomic E-state index is -4.05. The topological polar surface area (TPSA) is 47.6 Å². The number of carbonyl (C=O) groups is 1. The number of hydrogen-bond donors (Lipinski definition) is 1. The van der Waals surface area contributed by atoms with Gasteiger partial charge in [-0.05, 0) is 6.92 Å². The average Bonchev–Trinajstić information content (AvgIpc) is 2.23. The molecular formula is C9H15F4NO3. The highest BCUT2D eigenvalue weighted by Crippen LogP contribution is 2.21. The van der Waals surface area contributed by atoms with Crippen molar-refractivity contribution in [1.29, 1.82) is 0 Å². The Labute approximate surface area is 96.3 Å². The molecule has 1 N–H and O–H groups in total. The Morgan fingerprint density at radius 1 is 1.41 bits per heavy atom. The van der Waals surface area contributed by atoms with E-state index in [1.807, 2.05) is 0 Å². The van der Waals surface area contributed by atoms with Gasteiger partial charge in [-0.25, -0.2) is 13.6 Å². The maximum Gasteiger partial charge on any atom is 0.332 e. The summed E-state index contributed by atoms with van der Waals surface area (Å²) in [6.45, 7) is 0.334. The van der Waals surface area contributed by atoms with Crippen molar-refractivity contribution in [1.82, 2.24) is 5.32 Å². The first-order valence-electron chi connectivity index (χ1n) is 5.00. The standard InChI is InChI=1S/C9H15F4NO3/c1-2-17-7(15)5-16-4-3-14-6-9(12,13)8(10)11/h8,14H,2-6H2,1H3. The number of esters is 1. The van der Waals surface area contributed by atoms with Crippen LogP contribution in [0.1, 0.15) is 6.92 Å². The molecule has 0 heterocycles. The van der Waals surface area contributed by atoms with Crippen LogP contribution >= 0.6 is 0 Å². The lowest BCUT2D eigenvalue weighted by Gasteiger charge is -2.15. The van der Waals surface area contributed by atoms with Crippen LogP contribution in [0.15, 0.2) is 0 Å². The number of hydrogen-bond acceptors (Lipinski definition) is 4. The third kappa shape index (κ3) is 7.92. The first-order valence-corrected chi connectivity index (χ1v) is 5.00. The molecule has 0 rings (SSSR count). The minimum absolute atomic E-state index is 0.0435. The second-order valence-corrected chi connectivity index (χ2v) is 3.10. The molecule has 0 spiro atoms. The summed E-state index contributed by atoms with van der Waals surface area (Å²) >= 11 is 0. The Hall–Kier alpha value is -0.890. The zero-order chi connectivity index (χ0) is 13.3. The van der Waals surface area contributed by atoms with Gasteiger partial charge >= 0.3 is 18.3 Å². The first kappa shape index (κ1) is 16.1. The molecule has 0 fully saturated rings. The van der Waals surface area contributed by atoms with Crippen molar-refractivity contribution in [2.45, 2.75) is 19.3 Å². The summed E-state index contributed by atoms with van der Waals surface area (Å²) in [6.07, 6.45) is -3.70. The third-order valence-electron chi connectivity index (χ3n) is 1.63. The van der Waals surface area contributed by atoms with Crippen LogP contribution in [0, 0.1) is 0 Å². The van der Waals surface area contributed by atoms with Crippen molar-refractivity contribution in [3.8, 4) is 0 Å². The summed E-state index contributed by atoms with van der Waals surface area (Å²) in [6, 6.07) is 0. The lowest BCUT2D eigenvalue weighted by atomic mass is 10.3. The molecule has 0 amide bonds. The van der Waals surface area contributed by atoms with Crippen LogP contribution in [0.4, 0.5) is 17.6 Å². The monoisotopic (exact) mass is 261 g/mol. The van der Waals surface area contributed by atoms with Crippen LogP contribution in [-0.4, -0.2) is 51.2 Å². The Kier molecular flexibility index (Phi) is 7.81. The molecule has 0 bridgehead atoms. The number of halogens is 4. The molecule has 0 aromatic carbocycles. The number of rotatable bonds is 9. The van der Waals surface area contributed by atoms with Crippen LogP contribution in [0.3, 0.4) is 0 Å². The van der Waals surface area contributed by atoms with E-state index in [-0.39, 0.29) is 26.4 Å². The van der Waals surface area contributed by atoms with E-state index in [4.69, 9.17) is 4.74 Å². The quantitative estimate of drug-likeness (QED) is 0.383. The second kappa shape index (κ2) is 8.24. The molecule has 0 radical (unpaired) electrons. The molecular weight excluding hydrogens is 246 g/mol. The van der Waals surface area contributed by atoms with Gasteiger partial charge in [0, 0.05) is 6.54 Å². The van der Waals surface area contributed by atoms with Gasteiger partial charge in [-0.3, -0.25) is 0 Å². The van der Waals surface area contributed by atoms with E-state index in [0.717, 1.165) is 0 Å². The van der Waals surface area contributed by atoms with Gasteiger partial charge < -0.3 is 14.8 Å². The molecule has 0 atom stereocenters. The normalized spacial score (nSPS) is 11.9. The highest BCUT2D eigenvalue weighted by molar-refractivity contribution is 5.70. The highest BCUT2D eigenvalue weighted by atomic mass is 19.3. The van der Waals surface area contributed by atoms with E-state index >= 15 is 0 Å². The van der Waals surface area contributed by atoms with Gasteiger partial charge in [0.2, 0.25) is 0 Å². The van der Waals surface area contributed by atoms with Gasteiger partial charge in [0.1, 0.15) is 6.61 Å². The van der Waals surface area contributed by atoms with E-state index in [0.29, 0.717) is 0 Å². The van der Waals surface area contributed by atoms with Crippen LogP contribution < -0.4 is 5.32 Å².